The third kappa shape index (κ3) is 3.53. The number of nitrogens with zero attached hydrogens (tertiary/aromatic N) is 6. The number of thioether (sulfide) groups is 1. The first-order valence-corrected chi connectivity index (χ1v) is 17.3. The van der Waals surface area contributed by atoms with Crippen molar-refractivity contribution in [3.05, 3.63) is 142 Å². The third-order valence-corrected chi connectivity index (χ3v) is 12.9. The van der Waals surface area contributed by atoms with Crippen LogP contribution in [0.15, 0.2) is 114 Å². The maximum Gasteiger partial charge on any atom is 0.323 e. The second-order valence-corrected chi connectivity index (χ2v) is 14.7. The number of non-ortho nitro benzene ring substituents is 1. The van der Waals surface area contributed by atoms with Gasteiger partial charge in [0, 0.05) is 55.5 Å². The number of fused-ring (bicyclic) bond motifs is 5. The minimum absolute atomic E-state index is 0.0788. The van der Waals surface area contributed by atoms with E-state index in [1.165, 1.54) is 28.9 Å². The molecule has 13 nitrogen and oxygen atoms in total. The lowest BCUT2D eigenvalue weighted by molar-refractivity contribution is -0.384. The van der Waals surface area contributed by atoms with E-state index in [1.54, 1.807) is 36.0 Å². The number of benzene rings is 4. The topological polar surface area (TPSA) is 144 Å². The highest BCUT2D eigenvalue weighted by Crippen LogP contribution is 2.67. The fraction of sp³-hybridized carbons (Fsp3) is 0.243. The predicted octanol–water partition coefficient (Wildman–Crippen LogP) is 4.36. The highest BCUT2D eigenvalue weighted by molar-refractivity contribution is 8.16. The highest BCUT2D eigenvalue weighted by Gasteiger charge is 2.81. The first-order chi connectivity index (χ1) is 24.6. The van der Waals surface area contributed by atoms with Crippen molar-refractivity contribution in [2.75, 3.05) is 33.0 Å². The number of nitro benzene ring substituents is 1. The summed E-state index contributed by atoms with van der Waals surface area (Å²) in [5, 5.41) is 16.4. The van der Waals surface area contributed by atoms with Gasteiger partial charge in [-0.3, -0.25) is 34.4 Å². The Morgan fingerprint density at radius 2 is 1.45 bits per heavy atom. The van der Waals surface area contributed by atoms with Gasteiger partial charge in [-0.1, -0.05) is 103 Å². The van der Waals surface area contributed by atoms with Crippen LogP contribution in [0.4, 0.5) is 16.2 Å². The summed E-state index contributed by atoms with van der Waals surface area (Å²) in [4.78, 5) is 66.4. The number of anilines is 1. The van der Waals surface area contributed by atoms with Gasteiger partial charge in [0.15, 0.2) is 16.4 Å². The molecule has 3 unspecified atom stereocenters. The van der Waals surface area contributed by atoms with Gasteiger partial charge in [0.25, 0.3) is 17.5 Å². The molecular weight excluding hydrogens is 669 g/mol. The van der Waals surface area contributed by atoms with E-state index in [4.69, 9.17) is 4.99 Å². The molecule has 0 saturated carbocycles. The molecular formula is C37H32N8O5S. The molecule has 3 fully saturated rings. The van der Waals surface area contributed by atoms with Crippen molar-refractivity contribution in [2.24, 2.45) is 4.99 Å². The molecule has 0 aromatic heterocycles. The molecule has 4 aromatic rings. The summed E-state index contributed by atoms with van der Waals surface area (Å²) >= 11 is 1.20. The van der Waals surface area contributed by atoms with Gasteiger partial charge in [-0.15, -0.1) is 0 Å². The van der Waals surface area contributed by atoms with E-state index in [0.717, 1.165) is 5.56 Å². The number of amidine groups is 1. The van der Waals surface area contributed by atoms with Crippen molar-refractivity contribution in [3.63, 3.8) is 0 Å². The Bertz CT molecular complexity index is 2210. The minimum Gasteiger partial charge on any atom is -0.324 e. The van der Waals surface area contributed by atoms with Gasteiger partial charge >= 0.3 is 6.03 Å². The molecule has 5 atom stereocenters. The van der Waals surface area contributed by atoms with Crippen LogP contribution < -0.4 is 10.7 Å². The van der Waals surface area contributed by atoms with Crippen molar-refractivity contribution in [2.45, 2.75) is 27.5 Å². The summed E-state index contributed by atoms with van der Waals surface area (Å²) in [5.41, 5.74) is 2.53. The summed E-state index contributed by atoms with van der Waals surface area (Å²) in [6.07, 6.45) is 0. The Hall–Kier alpha value is -5.57. The van der Waals surface area contributed by atoms with E-state index in [1.807, 2.05) is 96.9 Å². The first kappa shape index (κ1) is 31.4. The molecule has 2 N–H and O–H groups in total. The average molecular weight is 701 g/mol. The number of carbonyl (C=O) groups excluding carboxylic acids is 3. The Balaban J connectivity index is 1.33. The van der Waals surface area contributed by atoms with Crippen molar-refractivity contribution < 1.29 is 19.3 Å². The van der Waals surface area contributed by atoms with E-state index in [-0.39, 0.29) is 24.2 Å². The molecule has 2 spiro atoms. The number of urea groups is 1. The number of para-hydroxylation sites is 1. The fourth-order valence-corrected chi connectivity index (χ4v) is 10.9. The molecule has 256 valence electrons. The number of amides is 4. The summed E-state index contributed by atoms with van der Waals surface area (Å²) in [6.45, 7) is 0.283. The van der Waals surface area contributed by atoms with Crippen LogP contribution in [0, 0.1) is 10.1 Å². The lowest BCUT2D eigenvalue weighted by Gasteiger charge is -2.51. The van der Waals surface area contributed by atoms with E-state index in [0.29, 0.717) is 27.5 Å². The van der Waals surface area contributed by atoms with Crippen molar-refractivity contribution >= 4 is 46.1 Å². The van der Waals surface area contributed by atoms with Gasteiger partial charge in [0.05, 0.1) is 4.92 Å². The molecule has 0 aliphatic carbocycles. The Kier molecular flexibility index (Phi) is 6.45. The van der Waals surface area contributed by atoms with Crippen molar-refractivity contribution in [1.82, 2.24) is 25.1 Å². The predicted molar refractivity (Wildman–Crippen MR) is 190 cm³/mol. The van der Waals surface area contributed by atoms with Crippen LogP contribution in [0.3, 0.4) is 0 Å². The number of aliphatic imine (C=N–C) groups is 1. The third-order valence-electron chi connectivity index (χ3n) is 11.4. The van der Waals surface area contributed by atoms with Crippen LogP contribution in [0.1, 0.15) is 28.2 Å². The second-order valence-electron chi connectivity index (χ2n) is 13.5. The van der Waals surface area contributed by atoms with E-state index < -0.39 is 38.4 Å². The van der Waals surface area contributed by atoms with Gasteiger partial charge in [-0.2, -0.15) is 5.43 Å². The Labute approximate surface area is 297 Å². The van der Waals surface area contributed by atoms with E-state index >= 15 is 4.79 Å². The lowest BCUT2D eigenvalue weighted by Crippen LogP contribution is -2.72. The molecule has 0 bridgehead atoms. The smallest absolute Gasteiger partial charge is 0.323 e. The SMILES string of the molecule is CN1CC(c2ccc([N+](=O)[O-])cc2)C2(SC3=N[C@]4(c5ccccc5)N(C)C(=O)N(C)[C@]4(c4ccccc4)NN3C2=O)C12C(=O)Nc1ccccc12. The molecule has 9 rings (SSSR count). The van der Waals surface area contributed by atoms with Gasteiger partial charge in [-0.05, 0) is 24.2 Å². The molecule has 4 amide bonds. The standard InChI is InChI=1S/C37H32N8O5S/c1-41-22-28(23-18-20-26(21-19-23)45(49)50)35(34(41)27-16-10-11-17-29(27)38-30(34)46)31(47)44-32(51-35)39-36(24-12-6-4-7-13-24)37(40-44,25-14-8-5-9-15-25)43(3)33(48)42(36)2/h4-21,28,40H,22H2,1-3H3,(H,38,46)/t28?,34?,35?,36-,37+/m1/s1. The van der Waals surface area contributed by atoms with Gasteiger partial charge in [-0.25, -0.2) is 14.8 Å². The molecule has 5 aliphatic heterocycles. The molecule has 5 heterocycles. The number of hydrazine groups is 1. The molecule has 4 aromatic carbocycles. The normalized spacial score (nSPS) is 30.9. The lowest BCUT2D eigenvalue weighted by atomic mass is 9.72. The molecule has 0 radical (unpaired) electrons. The second kappa shape index (κ2) is 10.5. The summed E-state index contributed by atoms with van der Waals surface area (Å²) in [6, 6.07) is 32.2. The maximum atomic E-state index is 15.8. The van der Waals surface area contributed by atoms with Crippen LogP contribution in [0.25, 0.3) is 0 Å². The number of likely N-dealkylation sites (N-methyl/N-ethyl adjacent to an activating group) is 3. The number of carbonyl (C=O) groups is 3. The van der Waals surface area contributed by atoms with Crippen molar-refractivity contribution in [1.29, 1.82) is 0 Å². The average Bonchev–Trinajstić information content (AvgIpc) is 3.77. The summed E-state index contributed by atoms with van der Waals surface area (Å²) in [7, 11) is 5.24. The number of hydrogen-bond acceptors (Lipinski definition) is 9. The van der Waals surface area contributed by atoms with Gasteiger partial charge in [0.1, 0.15) is 4.75 Å². The van der Waals surface area contributed by atoms with Gasteiger partial charge < -0.3 is 5.32 Å². The number of hydrogen-bond donors (Lipinski definition) is 2. The number of nitro groups is 1. The monoisotopic (exact) mass is 700 g/mol. The zero-order valence-corrected chi connectivity index (χ0v) is 28.6. The Morgan fingerprint density at radius 1 is 0.824 bits per heavy atom. The van der Waals surface area contributed by atoms with Gasteiger partial charge in [0.2, 0.25) is 5.66 Å². The number of rotatable bonds is 4. The van der Waals surface area contributed by atoms with E-state index in [2.05, 4.69) is 10.7 Å². The minimum atomic E-state index is -1.55. The zero-order chi connectivity index (χ0) is 35.5. The van der Waals surface area contributed by atoms with Crippen LogP contribution in [0.5, 0.6) is 0 Å². The number of likely N-dealkylation sites (tertiary alicyclic amines) is 1. The van der Waals surface area contributed by atoms with Crippen LogP contribution in [-0.4, -0.2) is 80.1 Å². The maximum absolute atomic E-state index is 15.8. The highest BCUT2D eigenvalue weighted by atomic mass is 32.2. The first-order valence-electron chi connectivity index (χ1n) is 16.5. The van der Waals surface area contributed by atoms with Crippen LogP contribution >= 0.6 is 11.8 Å². The quantitative estimate of drug-likeness (QED) is 0.236. The largest absolute Gasteiger partial charge is 0.324 e. The summed E-state index contributed by atoms with van der Waals surface area (Å²) in [5.74, 6) is -1.39. The van der Waals surface area contributed by atoms with E-state index in [9.17, 15) is 19.7 Å². The molecule has 14 heteroatoms. The van der Waals surface area contributed by atoms with Crippen LogP contribution in [-0.2, 0) is 26.5 Å². The molecule has 3 saturated heterocycles. The molecule has 5 aliphatic rings. The summed E-state index contributed by atoms with van der Waals surface area (Å²) < 4.78 is -1.55. The zero-order valence-electron chi connectivity index (χ0n) is 27.8. The van der Waals surface area contributed by atoms with Crippen molar-refractivity contribution in [3.8, 4) is 0 Å². The Morgan fingerprint density at radius 3 is 2.12 bits per heavy atom. The number of nitrogens with one attached hydrogen (secondary N) is 2. The molecule has 51 heavy (non-hydrogen) atoms. The fourth-order valence-electron chi connectivity index (χ4n) is 9.21. The van der Waals surface area contributed by atoms with Crippen LogP contribution in [0.2, 0.25) is 0 Å².